The molecule has 0 aliphatic rings. The van der Waals surface area contributed by atoms with Gasteiger partial charge in [0.2, 0.25) is 0 Å². The standard InChI is InChI=1S/C56H43N3OSi/c1-35-14-8-9-17-42(35)45-28-26-41(34-53(45)61(3)4)43-29-31-52(48-32-36(2)60-55(43)48)59-50-21-13-11-18-44(50)47-33-40(27-30-51(47)59)37-22-24-39(25-23-37)56-57-49-20-12-10-19-46(49)54(58-56)38-15-6-5-7-16-38/h5-34,61H,1-4H3. The van der Waals surface area contributed by atoms with Crippen molar-refractivity contribution in [3.8, 4) is 61.7 Å². The van der Waals surface area contributed by atoms with Crippen LogP contribution in [-0.2, 0) is 0 Å². The van der Waals surface area contributed by atoms with Gasteiger partial charge in [-0.25, -0.2) is 9.97 Å². The second-order valence-electron chi connectivity index (χ2n) is 16.4. The lowest BCUT2D eigenvalue weighted by atomic mass is 9.96. The molecule has 0 bridgehead atoms. The molecule has 5 heteroatoms. The first-order chi connectivity index (χ1) is 29.9. The average Bonchev–Trinajstić information content (AvgIpc) is 3.86. The Hall–Kier alpha value is -7.34. The van der Waals surface area contributed by atoms with Gasteiger partial charge in [-0.2, -0.15) is 0 Å². The van der Waals surface area contributed by atoms with Gasteiger partial charge in [-0.15, -0.1) is 0 Å². The van der Waals surface area contributed by atoms with Gasteiger partial charge in [0.15, 0.2) is 5.82 Å². The molecule has 8 aromatic carbocycles. The van der Waals surface area contributed by atoms with Crippen molar-refractivity contribution in [3.63, 3.8) is 0 Å². The summed E-state index contributed by atoms with van der Waals surface area (Å²) in [4.78, 5) is 10.1. The minimum absolute atomic E-state index is 0.718. The fraction of sp³-hybridized carbons (Fsp3) is 0.0714. The third kappa shape index (κ3) is 6.28. The third-order valence-corrected chi connectivity index (χ3v) is 14.0. The zero-order chi connectivity index (χ0) is 41.2. The smallest absolute Gasteiger partial charge is 0.160 e. The highest BCUT2D eigenvalue weighted by molar-refractivity contribution is 6.72. The van der Waals surface area contributed by atoms with Crippen molar-refractivity contribution in [2.24, 2.45) is 0 Å². The van der Waals surface area contributed by atoms with E-state index in [1.807, 2.05) is 18.2 Å². The molecule has 0 fully saturated rings. The van der Waals surface area contributed by atoms with Gasteiger partial charge in [-0.1, -0.05) is 158 Å². The molecular formula is C56H43N3OSi. The van der Waals surface area contributed by atoms with E-state index in [0.717, 1.165) is 83.7 Å². The molecule has 0 saturated heterocycles. The second kappa shape index (κ2) is 14.7. The lowest BCUT2D eigenvalue weighted by molar-refractivity contribution is 0.579. The van der Waals surface area contributed by atoms with Gasteiger partial charge < -0.3 is 8.98 Å². The lowest BCUT2D eigenvalue weighted by Gasteiger charge is -2.17. The normalized spacial score (nSPS) is 11.8. The summed E-state index contributed by atoms with van der Waals surface area (Å²) in [6.07, 6.45) is 0. The van der Waals surface area contributed by atoms with Crippen molar-refractivity contribution in [2.75, 3.05) is 0 Å². The van der Waals surface area contributed by atoms with E-state index in [2.05, 4.69) is 195 Å². The number of furan rings is 1. The van der Waals surface area contributed by atoms with E-state index in [-0.39, 0.29) is 0 Å². The average molecular weight is 802 g/mol. The van der Waals surface area contributed by atoms with Gasteiger partial charge in [0.25, 0.3) is 0 Å². The Morgan fingerprint density at radius 3 is 1.95 bits per heavy atom. The maximum atomic E-state index is 6.61. The van der Waals surface area contributed by atoms with Gasteiger partial charge in [0, 0.05) is 38.2 Å². The SMILES string of the molecule is Cc1cc2c(-n3c4ccccc4c4cc(-c5ccc(-c6nc(-c7ccccc7)c7ccccc7n6)cc5)ccc43)ccc(-c3ccc(-c4ccccc4C)c([SiH](C)C)c3)c2o1. The molecule has 11 aromatic rings. The van der Waals surface area contributed by atoms with E-state index < -0.39 is 8.80 Å². The highest BCUT2D eigenvalue weighted by Crippen LogP contribution is 2.41. The molecule has 0 radical (unpaired) electrons. The molecule has 3 heterocycles. The van der Waals surface area contributed by atoms with Crippen LogP contribution in [0, 0.1) is 13.8 Å². The summed E-state index contributed by atoms with van der Waals surface area (Å²) in [5, 5.41) is 6.05. The second-order valence-corrected chi connectivity index (χ2v) is 19.4. The van der Waals surface area contributed by atoms with Crippen LogP contribution >= 0.6 is 0 Å². The summed E-state index contributed by atoms with van der Waals surface area (Å²) in [5.74, 6) is 1.62. The predicted molar refractivity (Wildman–Crippen MR) is 259 cm³/mol. The Morgan fingerprint density at radius 1 is 0.459 bits per heavy atom. The molecule has 11 rings (SSSR count). The molecule has 0 unspecified atom stereocenters. The molecule has 0 aliphatic carbocycles. The number of aromatic nitrogens is 3. The van der Waals surface area contributed by atoms with Crippen LogP contribution in [0.25, 0.3) is 105 Å². The molecule has 4 nitrogen and oxygen atoms in total. The topological polar surface area (TPSA) is 43.9 Å². The van der Waals surface area contributed by atoms with Gasteiger partial charge in [-0.05, 0) is 89.7 Å². The first kappa shape index (κ1) is 36.7. The minimum atomic E-state index is -1.18. The van der Waals surface area contributed by atoms with Crippen molar-refractivity contribution < 1.29 is 4.42 Å². The summed E-state index contributed by atoms with van der Waals surface area (Å²) in [6, 6.07) is 65.4. The van der Waals surface area contributed by atoms with Crippen LogP contribution in [0.1, 0.15) is 11.3 Å². The van der Waals surface area contributed by atoms with Crippen LogP contribution in [0.15, 0.2) is 186 Å². The van der Waals surface area contributed by atoms with E-state index in [0.29, 0.717) is 0 Å². The number of aryl methyl sites for hydroxylation is 2. The zero-order valence-corrected chi connectivity index (χ0v) is 35.8. The molecule has 0 atom stereocenters. The van der Waals surface area contributed by atoms with Crippen LogP contribution in [0.4, 0.5) is 0 Å². The Bertz CT molecular complexity index is 3470. The number of hydrogen-bond acceptors (Lipinski definition) is 3. The number of fused-ring (bicyclic) bond motifs is 5. The molecule has 3 aromatic heterocycles. The Labute approximate surface area is 357 Å². The quantitative estimate of drug-likeness (QED) is 0.151. The minimum Gasteiger partial charge on any atom is -0.461 e. The van der Waals surface area contributed by atoms with Crippen LogP contribution in [0.2, 0.25) is 13.1 Å². The fourth-order valence-electron chi connectivity index (χ4n) is 9.23. The summed E-state index contributed by atoms with van der Waals surface area (Å²) in [6.45, 7) is 9.10. The van der Waals surface area contributed by atoms with Gasteiger partial charge in [0.1, 0.15) is 11.3 Å². The number of nitrogens with zero attached hydrogens (tertiary/aromatic N) is 3. The van der Waals surface area contributed by atoms with Crippen LogP contribution in [0.5, 0.6) is 0 Å². The maximum absolute atomic E-state index is 6.61. The van der Waals surface area contributed by atoms with Gasteiger partial charge in [0.05, 0.1) is 36.7 Å². The van der Waals surface area contributed by atoms with Gasteiger partial charge >= 0.3 is 0 Å². The molecule has 0 aliphatic heterocycles. The largest absolute Gasteiger partial charge is 0.461 e. The van der Waals surface area contributed by atoms with Crippen LogP contribution in [0.3, 0.4) is 0 Å². The first-order valence-electron chi connectivity index (χ1n) is 21.1. The summed E-state index contributed by atoms with van der Waals surface area (Å²) < 4.78 is 9.02. The van der Waals surface area contributed by atoms with Crippen molar-refractivity contribution in [3.05, 3.63) is 193 Å². The highest BCUT2D eigenvalue weighted by Gasteiger charge is 2.21. The number of hydrogen-bond donors (Lipinski definition) is 0. The molecular weight excluding hydrogens is 759 g/mol. The molecule has 0 N–H and O–H groups in total. The van der Waals surface area contributed by atoms with Crippen molar-refractivity contribution in [1.29, 1.82) is 0 Å². The zero-order valence-electron chi connectivity index (χ0n) is 34.6. The van der Waals surface area contributed by atoms with Crippen molar-refractivity contribution in [1.82, 2.24) is 14.5 Å². The lowest BCUT2D eigenvalue weighted by Crippen LogP contribution is -2.25. The number of para-hydroxylation sites is 2. The summed E-state index contributed by atoms with van der Waals surface area (Å²) >= 11 is 0. The van der Waals surface area contributed by atoms with E-state index in [1.54, 1.807) is 0 Å². The molecule has 0 spiro atoms. The Balaban J connectivity index is 0.993. The van der Waals surface area contributed by atoms with Crippen molar-refractivity contribution >= 4 is 57.7 Å². The maximum Gasteiger partial charge on any atom is 0.160 e. The summed E-state index contributed by atoms with van der Waals surface area (Å²) in [7, 11) is -1.18. The Kier molecular flexibility index (Phi) is 8.87. The Morgan fingerprint density at radius 2 is 1.13 bits per heavy atom. The van der Waals surface area contributed by atoms with E-state index in [9.17, 15) is 0 Å². The fourth-order valence-corrected chi connectivity index (χ4v) is 10.6. The predicted octanol–water partition coefficient (Wildman–Crippen LogP) is 14.1. The first-order valence-corrected chi connectivity index (χ1v) is 24.0. The highest BCUT2D eigenvalue weighted by atomic mass is 28.3. The van der Waals surface area contributed by atoms with E-state index in [4.69, 9.17) is 14.4 Å². The third-order valence-electron chi connectivity index (χ3n) is 12.2. The van der Waals surface area contributed by atoms with E-state index >= 15 is 0 Å². The molecule has 0 saturated carbocycles. The van der Waals surface area contributed by atoms with Crippen LogP contribution in [-0.4, -0.2) is 23.3 Å². The number of rotatable bonds is 7. The van der Waals surface area contributed by atoms with Crippen LogP contribution < -0.4 is 5.19 Å². The molecule has 292 valence electrons. The van der Waals surface area contributed by atoms with Crippen molar-refractivity contribution in [2.45, 2.75) is 26.9 Å². The monoisotopic (exact) mass is 801 g/mol. The molecule has 0 amide bonds. The summed E-state index contributed by atoms with van der Waals surface area (Å²) in [5.41, 5.74) is 16.9. The number of benzene rings is 8. The van der Waals surface area contributed by atoms with E-state index in [1.165, 1.54) is 38.2 Å². The molecule has 61 heavy (non-hydrogen) atoms. The van der Waals surface area contributed by atoms with Gasteiger partial charge in [-0.3, -0.25) is 0 Å².